The van der Waals surface area contributed by atoms with Crippen LogP contribution in [0, 0.1) is 0 Å². The smallest absolute Gasteiger partial charge is 0.257 e. The number of likely N-dealkylation sites (N-methyl/N-ethyl adjacent to an activating group) is 1. The minimum Gasteiger partial charge on any atom is -0.494 e. The molecule has 166 valence electrons. The van der Waals surface area contributed by atoms with Gasteiger partial charge in [-0.25, -0.2) is 0 Å². The predicted octanol–water partition coefficient (Wildman–Crippen LogP) is 4.92. The summed E-state index contributed by atoms with van der Waals surface area (Å²) < 4.78 is 5.11. The number of methoxy groups -OCH3 is 1. The molecule has 0 aromatic heterocycles. The van der Waals surface area contributed by atoms with Crippen molar-refractivity contribution in [3.63, 3.8) is 0 Å². The zero-order valence-corrected chi connectivity index (χ0v) is 20.3. The van der Waals surface area contributed by atoms with Gasteiger partial charge in [0.1, 0.15) is 0 Å². The number of amides is 1. The number of piperazine rings is 1. The monoisotopic (exact) mass is 500 g/mol. The predicted molar refractivity (Wildman–Crippen MR) is 132 cm³/mol. The molecule has 3 rings (SSSR count). The molecule has 1 fully saturated rings. The average molecular weight is 502 g/mol. The fourth-order valence-electron chi connectivity index (χ4n) is 3.44. The van der Waals surface area contributed by atoms with Crippen molar-refractivity contribution in [3.8, 4) is 5.75 Å². The van der Waals surface area contributed by atoms with Gasteiger partial charge in [-0.3, -0.25) is 10.1 Å². The van der Waals surface area contributed by atoms with Crippen LogP contribution < -0.4 is 20.3 Å². The Hall–Kier alpha value is -1.77. The maximum atomic E-state index is 12.6. The summed E-state index contributed by atoms with van der Waals surface area (Å²) in [6.45, 7) is 6.81. The van der Waals surface area contributed by atoms with Crippen LogP contribution in [0.15, 0.2) is 30.3 Å². The van der Waals surface area contributed by atoms with Crippen molar-refractivity contribution in [2.75, 3.05) is 50.1 Å². The lowest BCUT2D eigenvalue weighted by molar-refractivity contribution is 0.0977. The fraction of sp³-hybridized carbons (Fsp3) is 0.333. The maximum absolute atomic E-state index is 12.6. The summed E-state index contributed by atoms with van der Waals surface area (Å²) in [5, 5.41) is 6.99. The van der Waals surface area contributed by atoms with Crippen LogP contribution >= 0.6 is 47.0 Å². The van der Waals surface area contributed by atoms with E-state index in [9.17, 15) is 4.79 Å². The van der Waals surface area contributed by atoms with E-state index in [0.29, 0.717) is 10.8 Å². The molecule has 0 aliphatic carbocycles. The molecule has 1 amide bonds. The number of carbonyl (C=O) groups is 1. The van der Waals surface area contributed by atoms with E-state index in [1.54, 1.807) is 0 Å². The quantitative estimate of drug-likeness (QED) is 0.567. The first kappa shape index (κ1) is 23.9. The van der Waals surface area contributed by atoms with Gasteiger partial charge in [-0.2, -0.15) is 0 Å². The zero-order chi connectivity index (χ0) is 22.5. The van der Waals surface area contributed by atoms with E-state index in [2.05, 4.69) is 27.4 Å². The number of para-hydroxylation sites is 1. The number of rotatable bonds is 5. The first-order valence-corrected chi connectivity index (χ1v) is 11.3. The standard InChI is InChI=1S/C21H23Cl3N4O2S/c1-3-27-7-9-28(10-8-27)18-14(22)5-4-6-17(18)25-21(31)26-20(29)13-11-15(23)19(30-2)16(24)12-13/h4-6,11-12H,3,7-10H2,1-2H3,(H2,25,26,29,31). The largest absolute Gasteiger partial charge is 0.494 e. The number of thiocarbonyl (C=S) groups is 1. The number of benzene rings is 2. The second-order valence-electron chi connectivity index (χ2n) is 6.94. The van der Waals surface area contributed by atoms with E-state index in [1.165, 1.54) is 19.2 Å². The highest BCUT2D eigenvalue weighted by Gasteiger charge is 2.21. The second-order valence-corrected chi connectivity index (χ2v) is 8.57. The fourth-order valence-corrected chi connectivity index (χ4v) is 4.58. The van der Waals surface area contributed by atoms with Crippen molar-refractivity contribution in [1.82, 2.24) is 10.2 Å². The molecule has 1 heterocycles. The van der Waals surface area contributed by atoms with Crippen molar-refractivity contribution in [2.24, 2.45) is 0 Å². The van der Waals surface area contributed by atoms with Gasteiger partial charge >= 0.3 is 0 Å². The Morgan fingerprint density at radius 3 is 2.32 bits per heavy atom. The van der Waals surface area contributed by atoms with Gasteiger partial charge in [0.2, 0.25) is 0 Å². The lowest BCUT2D eigenvalue weighted by atomic mass is 10.2. The van der Waals surface area contributed by atoms with Crippen molar-refractivity contribution >= 4 is 69.4 Å². The maximum Gasteiger partial charge on any atom is 0.257 e. The molecule has 0 spiro atoms. The summed E-state index contributed by atoms with van der Waals surface area (Å²) in [5.74, 6) is -0.128. The number of nitrogens with one attached hydrogen (secondary N) is 2. The SMILES string of the molecule is CCN1CCN(c2c(Cl)cccc2NC(=S)NC(=O)c2cc(Cl)c(OC)c(Cl)c2)CC1. The third-order valence-corrected chi connectivity index (χ3v) is 6.13. The molecule has 0 unspecified atom stereocenters. The van der Waals surface area contributed by atoms with Crippen LogP contribution in [0.25, 0.3) is 0 Å². The number of carbonyl (C=O) groups excluding carboxylic acids is 1. The number of nitrogens with zero attached hydrogens (tertiary/aromatic N) is 2. The van der Waals surface area contributed by atoms with E-state index in [4.69, 9.17) is 51.8 Å². The third-order valence-electron chi connectivity index (χ3n) is 5.06. The van der Waals surface area contributed by atoms with Crippen molar-refractivity contribution in [2.45, 2.75) is 6.92 Å². The van der Waals surface area contributed by atoms with E-state index in [0.717, 1.165) is 44.1 Å². The Labute approximate surface area is 202 Å². The number of anilines is 2. The molecule has 2 aromatic carbocycles. The zero-order valence-electron chi connectivity index (χ0n) is 17.2. The summed E-state index contributed by atoms with van der Waals surface area (Å²) in [6.07, 6.45) is 0. The molecule has 0 atom stereocenters. The molecule has 0 radical (unpaired) electrons. The number of hydrogen-bond donors (Lipinski definition) is 2. The Morgan fingerprint density at radius 2 is 1.74 bits per heavy atom. The van der Waals surface area contributed by atoms with E-state index < -0.39 is 5.91 Å². The lowest BCUT2D eigenvalue weighted by Crippen LogP contribution is -2.46. The van der Waals surface area contributed by atoms with Crippen LogP contribution in [-0.4, -0.2) is 55.8 Å². The van der Waals surface area contributed by atoms with Crippen LogP contribution in [0.3, 0.4) is 0 Å². The van der Waals surface area contributed by atoms with Crippen LogP contribution in [0.5, 0.6) is 5.75 Å². The van der Waals surface area contributed by atoms with Crippen molar-refractivity contribution in [1.29, 1.82) is 0 Å². The van der Waals surface area contributed by atoms with Gasteiger partial charge in [0.05, 0.1) is 33.6 Å². The molecule has 10 heteroatoms. The summed E-state index contributed by atoms with van der Waals surface area (Å²) in [4.78, 5) is 17.2. The first-order valence-electron chi connectivity index (χ1n) is 9.75. The highest BCUT2D eigenvalue weighted by atomic mass is 35.5. The summed E-state index contributed by atoms with van der Waals surface area (Å²) in [5.41, 5.74) is 1.86. The van der Waals surface area contributed by atoms with E-state index in [-0.39, 0.29) is 20.7 Å². The van der Waals surface area contributed by atoms with Gasteiger partial charge in [-0.15, -0.1) is 0 Å². The average Bonchev–Trinajstić information content (AvgIpc) is 2.73. The Balaban J connectivity index is 1.72. The van der Waals surface area contributed by atoms with Gasteiger partial charge in [-0.05, 0) is 43.0 Å². The molecule has 2 N–H and O–H groups in total. The number of hydrogen-bond acceptors (Lipinski definition) is 5. The van der Waals surface area contributed by atoms with Crippen LogP contribution in [-0.2, 0) is 0 Å². The third kappa shape index (κ3) is 5.73. The number of ether oxygens (including phenoxy) is 1. The van der Waals surface area contributed by atoms with Gasteiger partial charge in [-0.1, -0.05) is 47.8 Å². The molecule has 0 saturated carbocycles. The van der Waals surface area contributed by atoms with Gasteiger partial charge in [0.15, 0.2) is 10.9 Å². The summed E-state index contributed by atoms with van der Waals surface area (Å²) in [6, 6.07) is 8.51. The van der Waals surface area contributed by atoms with Crippen molar-refractivity contribution < 1.29 is 9.53 Å². The van der Waals surface area contributed by atoms with Crippen LogP contribution in [0.1, 0.15) is 17.3 Å². The van der Waals surface area contributed by atoms with Crippen LogP contribution in [0.2, 0.25) is 15.1 Å². The molecule has 1 saturated heterocycles. The molecule has 31 heavy (non-hydrogen) atoms. The summed E-state index contributed by atoms with van der Waals surface area (Å²) >= 11 is 24.1. The normalized spacial score (nSPS) is 14.3. The van der Waals surface area contributed by atoms with Gasteiger partial charge < -0.3 is 19.9 Å². The topological polar surface area (TPSA) is 56.8 Å². The van der Waals surface area contributed by atoms with Crippen LogP contribution in [0.4, 0.5) is 11.4 Å². The highest BCUT2D eigenvalue weighted by molar-refractivity contribution is 7.80. The molecule has 2 aromatic rings. The van der Waals surface area contributed by atoms with E-state index >= 15 is 0 Å². The lowest BCUT2D eigenvalue weighted by Gasteiger charge is -2.37. The van der Waals surface area contributed by atoms with E-state index in [1.807, 2.05) is 18.2 Å². The second kappa shape index (κ2) is 10.7. The molecule has 0 bridgehead atoms. The Morgan fingerprint density at radius 1 is 1.10 bits per heavy atom. The Kier molecular flexibility index (Phi) is 8.24. The highest BCUT2D eigenvalue weighted by Crippen LogP contribution is 2.35. The van der Waals surface area contributed by atoms with Crippen molar-refractivity contribution in [3.05, 3.63) is 51.0 Å². The van der Waals surface area contributed by atoms with Gasteiger partial charge in [0.25, 0.3) is 5.91 Å². The first-order chi connectivity index (χ1) is 14.8. The minimum atomic E-state index is -0.441. The van der Waals surface area contributed by atoms with Gasteiger partial charge in [0, 0.05) is 31.7 Å². The molecular formula is C21H23Cl3N4O2S. The molecule has 1 aliphatic rings. The molecule has 6 nitrogen and oxygen atoms in total. The molecular weight excluding hydrogens is 479 g/mol. The molecule has 1 aliphatic heterocycles. The number of halogens is 3. The Bertz CT molecular complexity index is 958. The summed E-state index contributed by atoms with van der Waals surface area (Å²) in [7, 11) is 1.45. The minimum absolute atomic E-state index is 0.142.